The van der Waals surface area contributed by atoms with E-state index in [-0.39, 0.29) is 12.2 Å². The lowest BCUT2D eigenvalue weighted by Gasteiger charge is -2.25. The quantitative estimate of drug-likeness (QED) is 0.179. The predicted octanol–water partition coefficient (Wildman–Crippen LogP) is 5.06. The standard InChI is InChI=1S/C33H32IN3O5S/c1-6-41-32(39)29-20(2)35-33-37(30(29)22-8-12-25(13-9-22)36(3)4)31(38)28(43-33)18-21-7-16-27(40-5)23(17-21)19-42-26-14-10-24(34)11-15-26/h7-18,30H,6,19H2,1-5H3. The first-order valence-corrected chi connectivity index (χ1v) is 15.6. The zero-order valence-electron chi connectivity index (χ0n) is 24.6. The van der Waals surface area contributed by atoms with Gasteiger partial charge in [-0.3, -0.25) is 9.36 Å². The number of fused-ring (bicyclic) bond motifs is 1. The summed E-state index contributed by atoms with van der Waals surface area (Å²) in [5.74, 6) is 0.972. The number of aromatic nitrogens is 1. The Labute approximate surface area is 267 Å². The molecular weight excluding hydrogens is 677 g/mol. The fourth-order valence-electron chi connectivity index (χ4n) is 4.91. The van der Waals surface area contributed by atoms with Crippen molar-refractivity contribution in [3.8, 4) is 11.5 Å². The Bertz CT molecular complexity index is 1860. The van der Waals surface area contributed by atoms with Gasteiger partial charge in [-0.2, -0.15) is 0 Å². The lowest BCUT2D eigenvalue weighted by atomic mass is 9.95. The predicted molar refractivity (Wildman–Crippen MR) is 178 cm³/mol. The van der Waals surface area contributed by atoms with Gasteiger partial charge in [-0.25, -0.2) is 9.79 Å². The first-order valence-electron chi connectivity index (χ1n) is 13.7. The monoisotopic (exact) mass is 709 g/mol. The van der Waals surface area contributed by atoms with E-state index in [9.17, 15) is 9.59 Å². The number of halogens is 1. The van der Waals surface area contributed by atoms with Gasteiger partial charge in [0.15, 0.2) is 4.80 Å². The molecule has 0 spiro atoms. The molecule has 10 heteroatoms. The Morgan fingerprint density at radius 1 is 1.09 bits per heavy atom. The summed E-state index contributed by atoms with van der Waals surface area (Å²) in [5.41, 5.74) is 4.14. The van der Waals surface area contributed by atoms with Gasteiger partial charge in [0.05, 0.1) is 35.6 Å². The van der Waals surface area contributed by atoms with Crippen LogP contribution >= 0.6 is 33.9 Å². The Balaban J connectivity index is 1.57. The van der Waals surface area contributed by atoms with Gasteiger partial charge in [0.1, 0.15) is 18.1 Å². The van der Waals surface area contributed by atoms with Gasteiger partial charge in [0.2, 0.25) is 0 Å². The summed E-state index contributed by atoms with van der Waals surface area (Å²) < 4.78 is 20.2. The van der Waals surface area contributed by atoms with Crippen LogP contribution in [0, 0.1) is 3.57 Å². The minimum absolute atomic E-state index is 0.222. The zero-order chi connectivity index (χ0) is 30.7. The van der Waals surface area contributed by atoms with E-state index in [0.29, 0.717) is 33.0 Å². The molecule has 1 aromatic heterocycles. The van der Waals surface area contributed by atoms with Crippen LogP contribution in [0.5, 0.6) is 11.5 Å². The number of anilines is 1. The number of rotatable bonds is 9. The van der Waals surface area contributed by atoms with Crippen molar-refractivity contribution in [1.29, 1.82) is 0 Å². The molecule has 0 aliphatic carbocycles. The van der Waals surface area contributed by atoms with E-state index in [1.165, 1.54) is 11.3 Å². The number of hydrogen-bond donors (Lipinski definition) is 0. The molecule has 2 heterocycles. The summed E-state index contributed by atoms with van der Waals surface area (Å²) >= 11 is 3.55. The summed E-state index contributed by atoms with van der Waals surface area (Å²) in [7, 11) is 5.55. The fraction of sp³-hybridized carbons (Fsp3) is 0.242. The number of hydrogen-bond acceptors (Lipinski definition) is 8. The molecule has 0 saturated carbocycles. The topological polar surface area (TPSA) is 82.4 Å². The van der Waals surface area contributed by atoms with Crippen LogP contribution in [0.1, 0.15) is 36.6 Å². The van der Waals surface area contributed by atoms with Crippen LogP contribution in [0.4, 0.5) is 5.69 Å². The molecular formula is C33H32IN3O5S. The van der Waals surface area contributed by atoms with Gasteiger partial charge in [-0.15, -0.1) is 0 Å². The molecule has 0 radical (unpaired) electrons. The Kier molecular flexibility index (Phi) is 9.36. The number of carbonyl (C=O) groups is 1. The smallest absolute Gasteiger partial charge is 0.338 e. The van der Waals surface area contributed by atoms with Gasteiger partial charge in [0.25, 0.3) is 5.56 Å². The summed E-state index contributed by atoms with van der Waals surface area (Å²) in [4.78, 5) is 34.4. The van der Waals surface area contributed by atoms with E-state index < -0.39 is 12.0 Å². The fourth-order valence-corrected chi connectivity index (χ4v) is 6.31. The molecule has 1 aliphatic heterocycles. The second-order valence-electron chi connectivity index (χ2n) is 10.1. The molecule has 1 aliphatic rings. The van der Waals surface area contributed by atoms with Crippen LogP contribution < -0.4 is 29.3 Å². The molecule has 222 valence electrons. The van der Waals surface area contributed by atoms with Gasteiger partial charge >= 0.3 is 5.97 Å². The van der Waals surface area contributed by atoms with Crippen LogP contribution in [0.15, 0.2) is 87.8 Å². The zero-order valence-corrected chi connectivity index (χ0v) is 27.6. The minimum atomic E-state index is -0.664. The lowest BCUT2D eigenvalue weighted by Crippen LogP contribution is -2.39. The third kappa shape index (κ3) is 6.54. The van der Waals surface area contributed by atoms with E-state index >= 15 is 0 Å². The van der Waals surface area contributed by atoms with Crippen molar-refractivity contribution < 1.29 is 19.0 Å². The van der Waals surface area contributed by atoms with Gasteiger partial charge in [0, 0.05) is 28.9 Å². The highest BCUT2D eigenvalue weighted by molar-refractivity contribution is 14.1. The molecule has 1 atom stereocenters. The summed E-state index contributed by atoms with van der Waals surface area (Å²) in [6.45, 7) is 4.07. The lowest BCUT2D eigenvalue weighted by molar-refractivity contribution is -0.139. The number of carbonyl (C=O) groups excluding carboxylic acids is 1. The Hall–Kier alpha value is -3.90. The number of benzene rings is 3. The number of nitrogens with zero attached hydrogens (tertiary/aromatic N) is 3. The number of allylic oxidation sites excluding steroid dienone is 1. The number of ether oxygens (including phenoxy) is 3. The van der Waals surface area contributed by atoms with Crippen molar-refractivity contribution in [1.82, 2.24) is 4.57 Å². The Morgan fingerprint density at radius 3 is 2.47 bits per heavy atom. The molecule has 0 fully saturated rings. The maximum atomic E-state index is 14.0. The number of thiazole rings is 1. The van der Waals surface area contributed by atoms with Crippen molar-refractivity contribution in [3.05, 3.63) is 118 Å². The Morgan fingerprint density at radius 2 is 1.81 bits per heavy atom. The molecule has 8 nitrogen and oxygen atoms in total. The van der Waals surface area contributed by atoms with E-state index in [1.54, 1.807) is 25.5 Å². The average molecular weight is 710 g/mol. The van der Waals surface area contributed by atoms with Gasteiger partial charge < -0.3 is 19.1 Å². The van der Waals surface area contributed by atoms with E-state index in [1.807, 2.05) is 91.8 Å². The van der Waals surface area contributed by atoms with E-state index in [2.05, 4.69) is 27.6 Å². The molecule has 4 aromatic rings. The number of esters is 1. The third-order valence-corrected chi connectivity index (χ3v) is 8.75. The van der Waals surface area contributed by atoms with Crippen molar-refractivity contribution >= 4 is 51.7 Å². The molecule has 0 amide bonds. The maximum absolute atomic E-state index is 14.0. The highest BCUT2D eigenvalue weighted by Gasteiger charge is 2.33. The van der Waals surface area contributed by atoms with Gasteiger partial charge in [-0.1, -0.05) is 29.5 Å². The van der Waals surface area contributed by atoms with Crippen molar-refractivity contribution in [2.24, 2.45) is 4.99 Å². The normalized spacial score (nSPS) is 14.7. The van der Waals surface area contributed by atoms with E-state index in [0.717, 1.165) is 31.7 Å². The van der Waals surface area contributed by atoms with Crippen LogP contribution in [0.3, 0.4) is 0 Å². The summed E-state index contributed by atoms with van der Waals surface area (Å²) in [5, 5.41) is 0. The second kappa shape index (κ2) is 13.2. The first-order chi connectivity index (χ1) is 20.7. The van der Waals surface area contributed by atoms with Crippen molar-refractivity contribution in [2.75, 3.05) is 32.7 Å². The first kappa shape index (κ1) is 30.6. The van der Waals surface area contributed by atoms with E-state index in [4.69, 9.17) is 14.2 Å². The molecule has 3 aromatic carbocycles. The van der Waals surface area contributed by atoms with Gasteiger partial charge in [-0.05, 0) is 102 Å². The maximum Gasteiger partial charge on any atom is 0.338 e. The van der Waals surface area contributed by atoms with Crippen molar-refractivity contribution in [2.45, 2.75) is 26.5 Å². The van der Waals surface area contributed by atoms with Crippen LogP contribution in [0.2, 0.25) is 0 Å². The third-order valence-electron chi connectivity index (χ3n) is 7.05. The van der Waals surface area contributed by atoms with Crippen LogP contribution in [-0.4, -0.2) is 38.3 Å². The molecule has 0 saturated heterocycles. The molecule has 43 heavy (non-hydrogen) atoms. The van der Waals surface area contributed by atoms with Crippen molar-refractivity contribution in [3.63, 3.8) is 0 Å². The molecule has 0 bridgehead atoms. The molecule has 1 unspecified atom stereocenters. The number of methoxy groups -OCH3 is 1. The second-order valence-corrected chi connectivity index (χ2v) is 12.4. The highest BCUT2D eigenvalue weighted by Crippen LogP contribution is 2.32. The summed E-state index contributed by atoms with van der Waals surface area (Å²) in [6.07, 6.45) is 1.84. The molecule has 0 N–H and O–H groups in total. The summed E-state index contributed by atoms with van der Waals surface area (Å²) in [6, 6.07) is 20.7. The SMILES string of the molecule is CCOC(=O)C1=C(C)N=c2sc(=Cc3ccc(OC)c(COc4ccc(I)cc4)c3)c(=O)n2C1c1ccc(N(C)C)cc1. The highest BCUT2D eigenvalue weighted by atomic mass is 127. The largest absolute Gasteiger partial charge is 0.496 e. The minimum Gasteiger partial charge on any atom is -0.496 e. The average Bonchev–Trinajstić information content (AvgIpc) is 3.30. The van der Waals surface area contributed by atoms with Crippen LogP contribution in [-0.2, 0) is 16.1 Å². The molecule has 5 rings (SSSR count). The van der Waals surface area contributed by atoms with Crippen LogP contribution in [0.25, 0.3) is 6.08 Å².